The van der Waals surface area contributed by atoms with Crippen molar-refractivity contribution in [2.24, 2.45) is 5.92 Å². The number of nitrogens with one attached hydrogen (secondary N) is 1. The molecule has 4 heteroatoms. The zero-order chi connectivity index (χ0) is 14.5. The highest BCUT2D eigenvalue weighted by Gasteiger charge is 2.20. The molecule has 1 aliphatic carbocycles. The van der Waals surface area contributed by atoms with Crippen LogP contribution in [0.25, 0.3) is 0 Å². The Hall–Kier alpha value is -1.00. The minimum absolute atomic E-state index is 0.0181. The Morgan fingerprint density at radius 2 is 2.05 bits per heavy atom. The van der Waals surface area contributed by atoms with Crippen molar-refractivity contribution in [2.75, 3.05) is 12.8 Å². The van der Waals surface area contributed by atoms with E-state index in [-0.39, 0.29) is 12.0 Å². The molecule has 1 aliphatic rings. The molecule has 0 aliphatic heterocycles. The van der Waals surface area contributed by atoms with Crippen molar-refractivity contribution in [2.45, 2.75) is 43.6 Å². The maximum atomic E-state index is 12.3. The van der Waals surface area contributed by atoms with E-state index in [0.29, 0.717) is 12.5 Å². The predicted molar refractivity (Wildman–Crippen MR) is 83.3 cm³/mol. The number of amides is 1. The summed E-state index contributed by atoms with van der Waals surface area (Å²) in [6.45, 7) is 2.68. The fraction of sp³-hybridized carbons (Fsp3) is 0.562. The summed E-state index contributed by atoms with van der Waals surface area (Å²) in [4.78, 5) is 13.4. The van der Waals surface area contributed by atoms with Crippen molar-refractivity contribution in [3.63, 3.8) is 0 Å². The third-order valence-electron chi connectivity index (χ3n) is 4.06. The molecule has 1 amide bonds. The van der Waals surface area contributed by atoms with Crippen molar-refractivity contribution in [3.05, 3.63) is 29.3 Å². The first-order chi connectivity index (χ1) is 9.60. The third-order valence-corrected chi connectivity index (χ3v) is 4.78. The average molecular weight is 293 g/mol. The van der Waals surface area contributed by atoms with E-state index in [4.69, 9.17) is 0 Å². The van der Waals surface area contributed by atoms with Gasteiger partial charge in [0.1, 0.15) is 0 Å². The Morgan fingerprint density at radius 1 is 1.35 bits per heavy atom. The largest absolute Gasteiger partial charge is 0.393 e. The normalized spacial score (nSPS) is 22.6. The molecular weight excluding hydrogens is 270 g/mol. The molecule has 20 heavy (non-hydrogen) atoms. The molecule has 1 saturated carbocycles. The molecule has 1 fully saturated rings. The van der Waals surface area contributed by atoms with Crippen molar-refractivity contribution in [3.8, 4) is 0 Å². The Bertz CT molecular complexity index is 468. The van der Waals surface area contributed by atoms with Gasteiger partial charge in [-0.1, -0.05) is 6.07 Å². The zero-order valence-corrected chi connectivity index (χ0v) is 13.0. The van der Waals surface area contributed by atoms with Crippen LogP contribution in [-0.2, 0) is 0 Å². The van der Waals surface area contributed by atoms with E-state index >= 15 is 0 Å². The summed E-state index contributed by atoms with van der Waals surface area (Å²) in [6, 6.07) is 6.00. The van der Waals surface area contributed by atoms with Crippen LogP contribution in [0.15, 0.2) is 23.1 Å². The smallest absolute Gasteiger partial charge is 0.251 e. The Balaban J connectivity index is 1.91. The molecule has 0 heterocycles. The minimum atomic E-state index is -0.137. The average Bonchev–Trinajstić information content (AvgIpc) is 2.47. The van der Waals surface area contributed by atoms with Gasteiger partial charge in [-0.05, 0) is 62.5 Å². The van der Waals surface area contributed by atoms with Gasteiger partial charge < -0.3 is 10.4 Å². The molecule has 0 saturated heterocycles. The van der Waals surface area contributed by atoms with Gasteiger partial charge in [0, 0.05) is 17.0 Å². The summed E-state index contributed by atoms with van der Waals surface area (Å²) in [7, 11) is 0. The van der Waals surface area contributed by atoms with Gasteiger partial charge in [0.05, 0.1) is 6.10 Å². The summed E-state index contributed by atoms with van der Waals surface area (Å²) in [5, 5.41) is 12.5. The fourth-order valence-electron chi connectivity index (χ4n) is 2.65. The molecule has 0 bridgehead atoms. The SMILES string of the molecule is CSc1ccc(C)c(C(=O)NCC2CCC(O)CC2)c1. The van der Waals surface area contributed by atoms with E-state index in [1.54, 1.807) is 11.8 Å². The molecule has 2 rings (SSSR count). The van der Waals surface area contributed by atoms with Crippen LogP contribution in [0.1, 0.15) is 41.6 Å². The quantitative estimate of drug-likeness (QED) is 0.839. The van der Waals surface area contributed by atoms with E-state index in [2.05, 4.69) is 5.32 Å². The Morgan fingerprint density at radius 3 is 2.70 bits per heavy atom. The second-order valence-electron chi connectivity index (χ2n) is 5.57. The molecular formula is C16H23NO2S. The number of rotatable bonds is 4. The maximum absolute atomic E-state index is 12.3. The third kappa shape index (κ3) is 4.00. The number of aliphatic hydroxyl groups excluding tert-OH is 1. The maximum Gasteiger partial charge on any atom is 0.251 e. The van der Waals surface area contributed by atoms with Gasteiger partial charge in [-0.15, -0.1) is 11.8 Å². The van der Waals surface area contributed by atoms with Crippen molar-refractivity contribution in [1.29, 1.82) is 0 Å². The number of carbonyl (C=O) groups is 1. The van der Waals surface area contributed by atoms with Crippen LogP contribution >= 0.6 is 11.8 Å². The van der Waals surface area contributed by atoms with E-state index < -0.39 is 0 Å². The standard InChI is InChI=1S/C16H23NO2S/c1-11-3-8-14(20-2)9-15(11)16(19)17-10-12-4-6-13(18)7-5-12/h3,8-9,12-13,18H,4-7,10H2,1-2H3,(H,17,19). The lowest BCUT2D eigenvalue weighted by atomic mass is 9.87. The lowest BCUT2D eigenvalue weighted by Crippen LogP contribution is -2.32. The van der Waals surface area contributed by atoms with Crippen molar-refractivity contribution >= 4 is 17.7 Å². The van der Waals surface area contributed by atoms with Crippen molar-refractivity contribution in [1.82, 2.24) is 5.32 Å². The van der Waals surface area contributed by atoms with E-state index in [1.165, 1.54) is 0 Å². The van der Waals surface area contributed by atoms with Gasteiger partial charge in [0.15, 0.2) is 0 Å². The van der Waals surface area contributed by atoms with Crippen LogP contribution < -0.4 is 5.32 Å². The zero-order valence-electron chi connectivity index (χ0n) is 12.2. The molecule has 0 unspecified atom stereocenters. The highest BCUT2D eigenvalue weighted by molar-refractivity contribution is 7.98. The summed E-state index contributed by atoms with van der Waals surface area (Å²) >= 11 is 1.65. The Kier molecular flexibility index (Phi) is 5.49. The van der Waals surface area contributed by atoms with Gasteiger partial charge in [0.25, 0.3) is 5.91 Å². The summed E-state index contributed by atoms with van der Waals surface area (Å²) in [5.74, 6) is 0.524. The second kappa shape index (κ2) is 7.14. The van der Waals surface area contributed by atoms with Gasteiger partial charge in [0.2, 0.25) is 0 Å². The van der Waals surface area contributed by atoms with E-state index in [1.807, 2.05) is 31.4 Å². The predicted octanol–water partition coefficient (Wildman–Crippen LogP) is 3.00. The van der Waals surface area contributed by atoms with Crippen LogP contribution in [0.3, 0.4) is 0 Å². The number of thioether (sulfide) groups is 1. The van der Waals surface area contributed by atoms with E-state index in [0.717, 1.165) is 41.7 Å². The minimum Gasteiger partial charge on any atom is -0.393 e. The molecule has 0 radical (unpaired) electrons. The number of benzene rings is 1. The van der Waals surface area contributed by atoms with Gasteiger partial charge in [-0.25, -0.2) is 0 Å². The lowest BCUT2D eigenvalue weighted by molar-refractivity contribution is 0.0909. The summed E-state index contributed by atoms with van der Waals surface area (Å²) < 4.78 is 0. The fourth-order valence-corrected chi connectivity index (χ4v) is 3.09. The van der Waals surface area contributed by atoms with Crippen LogP contribution in [0.4, 0.5) is 0 Å². The Labute approximate surface area is 125 Å². The van der Waals surface area contributed by atoms with Crippen LogP contribution in [0, 0.1) is 12.8 Å². The van der Waals surface area contributed by atoms with Crippen molar-refractivity contribution < 1.29 is 9.90 Å². The molecule has 0 spiro atoms. The first-order valence-corrected chi connectivity index (χ1v) is 8.43. The van der Waals surface area contributed by atoms with Gasteiger partial charge >= 0.3 is 0 Å². The monoisotopic (exact) mass is 293 g/mol. The van der Waals surface area contributed by atoms with Crippen LogP contribution in [0.2, 0.25) is 0 Å². The molecule has 2 N–H and O–H groups in total. The first-order valence-electron chi connectivity index (χ1n) is 7.21. The second-order valence-corrected chi connectivity index (χ2v) is 6.45. The molecule has 0 aromatic heterocycles. The molecule has 1 aromatic rings. The van der Waals surface area contributed by atoms with Gasteiger partial charge in [-0.2, -0.15) is 0 Å². The first kappa shape index (κ1) is 15.4. The number of aryl methyl sites for hydroxylation is 1. The van der Waals surface area contributed by atoms with Crippen LogP contribution in [0.5, 0.6) is 0 Å². The topological polar surface area (TPSA) is 49.3 Å². The number of hydrogen-bond acceptors (Lipinski definition) is 3. The molecule has 0 atom stereocenters. The van der Waals surface area contributed by atoms with Gasteiger partial charge in [-0.3, -0.25) is 4.79 Å². The summed E-state index contributed by atoms with van der Waals surface area (Å²) in [5.41, 5.74) is 1.78. The highest BCUT2D eigenvalue weighted by atomic mass is 32.2. The number of aliphatic hydroxyl groups is 1. The number of hydrogen-bond donors (Lipinski definition) is 2. The molecule has 110 valence electrons. The summed E-state index contributed by atoms with van der Waals surface area (Å²) in [6.07, 6.45) is 5.61. The highest BCUT2D eigenvalue weighted by Crippen LogP contribution is 2.24. The number of carbonyl (C=O) groups excluding carboxylic acids is 1. The van der Waals surface area contributed by atoms with E-state index in [9.17, 15) is 9.90 Å². The molecule has 3 nitrogen and oxygen atoms in total. The molecule has 1 aromatic carbocycles. The lowest BCUT2D eigenvalue weighted by Gasteiger charge is -2.25. The van der Waals surface area contributed by atoms with Crippen LogP contribution in [-0.4, -0.2) is 29.9 Å².